The zero-order chi connectivity index (χ0) is 24.4. The highest BCUT2D eigenvalue weighted by molar-refractivity contribution is 5.79. The second-order valence-electron chi connectivity index (χ2n) is 10.1. The van der Waals surface area contributed by atoms with Crippen LogP contribution in [0.1, 0.15) is 39.8 Å². The molecule has 1 heterocycles. The van der Waals surface area contributed by atoms with Gasteiger partial charge in [-0.15, -0.1) is 0 Å². The molecule has 2 heteroatoms. The smallest absolute Gasteiger partial charge is 0.209 e. The van der Waals surface area contributed by atoms with Crippen LogP contribution in [0, 0.1) is 13.8 Å². The van der Waals surface area contributed by atoms with Gasteiger partial charge in [0.2, 0.25) is 11.0 Å². The van der Waals surface area contributed by atoms with Crippen molar-refractivity contribution >= 4 is 11.3 Å². The minimum absolute atomic E-state index is 0.971. The van der Waals surface area contributed by atoms with Crippen LogP contribution >= 0.6 is 0 Å². The lowest BCUT2D eigenvalue weighted by molar-refractivity contribution is 0.394. The number of hydrogen-bond donors (Lipinski definition) is 0. The minimum atomic E-state index is 0.971. The average Bonchev–Trinajstić information content (AvgIpc) is 2.86. The number of aryl methyl sites for hydroxylation is 2. The Balaban J connectivity index is 1.73. The van der Waals surface area contributed by atoms with E-state index >= 15 is 0 Å². The van der Waals surface area contributed by atoms with Gasteiger partial charge in [-0.05, 0) is 62.0 Å². The van der Waals surface area contributed by atoms with E-state index in [4.69, 9.17) is 0 Å². The van der Waals surface area contributed by atoms with Gasteiger partial charge >= 0.3 is 0 Å². The van der Waals surface area contributed by atoms with Crippen LogP contribution in [-0.4, -0.2) is 32.1 Å². The number of fused-ring (bicyclic) bond motifs is 2. The molecule has 0 atom stereocenters. The van der Waals surface area contributed by atoms with Gasteiger partial charge in [-0.1, -0.05) is 77.9 Å². The number of hydrogen-bond acceptors (Lipinski definition) is 1. The molecule has 0 aromatic heterocycles. The van der Waals surface area contributed by atoms with E-state index in [1.807, 2.05) is 0 Å². The second kappa shape index (κ2) is 10.0. The Morgan fingerprint density at radius 2 is 1.37 bits per heavy atom. The fraction of sp³-hybridized carbons (Fsp3) is 0.242. The molecule has 2 nitrogen and oxygen atoms in total. The van der Waals surface area contributed by atoms with Crippen molar-refractivity contribution in [1.82, 2.24) is 9.48 Å². The SMILES string of the molecule is Cc1ccc(C(c2ccc(C)cc2)=c2ccc3c(c2)Cc2ccccc2[N+]=3CCCN(C)C)cc1. The first-order valence-corrected chi connectivity index (χ1v) is 12.6. The fourth-order valence-corrected chi connectivity index (χ4v) is 5.13. The average molecular weight is 460 g/mol. The third-order valence-corrected chi connectivity index (χ3v) is 6.99. The van der Waals surface area contributed by atoms with Gasteiger partial charge in [0.05, 0.1) is 0 Å². The van der Waals surface area contributed by atoms with Crippen LogP contribution < -0.4 is 15.2 Å². The summed E-state index contributed by atoms with van der Waals surface area (Å²) in [6, 6.07) is 33.9. The lowest BCUT2D eigenvalue weighted by Gasteiger charge is -2.16. The first kappa shape index (κ1) is 23.3. The summed E-state index contributed by atoms with van der Waals surface area (Å²) < 4.78 is 2.53. The van der Waals surface area contributed by atoms with E-state index in [1.165, 1.54) is 55.2 Å². The molecule has 0 saturated carbocycles. The maximum absolute atomic E-state index is 2.53. The van der Waals surface area contributed by atoms with Crippen LogP contribution in [0.4, 0.5) is 5.69 Å². The van der Waals surface area contributed by atoms with Crippen molar-refractivity contribution in [3.8, 4) is 0 Å². The zero-order valence-corrected chi connectivity index (χ0v) is 21.4. The summed E-state index contributed by atoms with van der Waals surface area (Å²) >= 11 is 0. The van der Waals surface area contributed by atoms with Crippen LogP contribution in [0.15, 0.2) is 91.0 Å². The molecule has 0 saturated heterocycles. The van der Waals surface area contributed by atoms with Crippen LogP contribution in [0.3, 0.4) is 0 Å². The van der Waals surface area contributed by atoms with Crippen molar-refractivity contribution in [3.05, 3.63) is 135 Å². The van der Waals surface area contributed by atoms with E-state index in [0.29, 0.717) is 0 Å². The van der Waals surface area contributed by atoms with Crippen LogP contribution in [0.2, 0.25) is 0 Å². The topological polar surface area (TPSA) is 6.25 Å². The molecule has 0 spiro atoms. The zero-order valence-electron chi connectivity index (χ0n) is 21.4. The molecule has 0 aliphatic carbocycles. The minimum Gasteiger partial charge on any atom is -0.309 e. The quantitative estimate of drug-likeness (QED) is 0.358. The fourth-order valence-electron chi connectivity index (χ4n) is 5.13. The molecule has 35 heavy (non-hydrogen) atoms. The van der Waals surface area contributed by atoms with E-state index in [0.717, 1.165) is 25.9 Å². The molecule has 4 aromatic carbocycles. The summed E-state index contributed by atoms with van der Waals surface area (Å²) in [5.74, 6) is 0. The molecule has 5 rings (SSSR count). The van der Waals surface area contributed by atoms with Crippen molar-refractivity contribution in [2.24, 2.45) is 0 Å². The Morgan fingerprint density at radius 3 is 2.00 bits per heavy atom. The van der Waals surface area contributed by atoms with Crippen LogP contribution in [-0.2, 0) is 6.42 Å². The highest BCUT2D eigenvalue weighted by atomic mass is 15.1. The predicted octanol–water partition coefficient (Wildman–Crippen LogP) is 5.23. The van der Waals surface area contributed by atoms with Crippen molar-refractivity contribution < 1.29 is 0 Å². The van der Waals surface area contributed by atoms with Crippen LogP contribution in [0.5, 0.6) is 0 Å². The van der Waals surface area contributed by atoms with Crippen molar-refractivity contribution in [1.29, 1.82) is 0 Å². The Hall–Kier alpha value is -3.49. The van der Waals surface area contributed by atoms with Crippen LogP contribution in [0.25, 0.3) is 5.57 Å². The third-order valence-electron chi connectivity index (χ3n) is 6.99. The molecule has 0 radical (unpaired) electrons. The van der Waals surface area contributed by atoms with E-state index in [-0.39, 0.29) is 0 Å². The molecular formula is C33H35N2+. The first-order valence-electron chi connectivity index (χ1n) is 12.6. The molecule has 0 fully saturated rings. The molecule has 176 valence electrons. The first-order chi connectivity index (χ1) is 17.0. The van der Waals surface area contributed by atoms with E-state index < -0.39 is 0 Å². The summed E-state index contributed by atoms with van der Waals surface area (Å²) in [6.07, 6.45) is 2.10. The van der Waals surface area contributed by atoms with E-state index in [2.05, 4.69) is 128 Å². The lowest BCUT2D eigenvalue weighted by Crippen LogP contribution is -2.36. The van der Waals surface area contributed by atoms with Gasteiger partial charge in [0, 0.05) is 42.6 Å². The number of nitrogens with zero attached hydrogens (tertiary/aromatic N) is 2. The summed E-state index contributed by atoms with van der Waals surface area (Å²) in [5, 5.41) is 2.63. The molecule has 0 N–H and O–H groups in total. The number of para-hydroxylation sites is 1. The van der Waals surface area contributed by atoms with Gasteiger partial charge < -0.3 is 4.90 Å². The van der Waals surface area contributed by atoms with Gasteiger partial charge in [-0.2, -0.15) is 4.58 Å². The standard InChI is InChI=1S/C33H35N2/c1-24-10-14-26(15-11-24)33(27-16-12-25(2)13-17-27)29-18-19-32-30(23-29)22-28-8-5-6-9-31(28)35(32)21-7-20-34(3)4/h5-6,8-19,23H,7,20-22H2,1-4H3/q+1. The monoisotopic (exact) mass is 459 g/mol. The van der Waals surface area contributed by atoms with Gasteiger partial charge in [-0.3, -0.25) is 0 Å². The molecule has 1 aliphatic rings. The summed E-state index contributed by atoms with van der Waals surface area (Å²) in [5.41, 5.74) is 10.6. The molecule has 0 unspecified atom stereocenters. The summed E-state index contributed by atoms with van der Waals surface area (Å²) in [6.45, 7) is 6.41. The Kier molecular flexibility index (Phi) is 6.66. The molecule has 0 bridgehead atoms. The highest BCUT2D eigenvalue weighted by Crippen LogP contribution is 2.24. The number of benzene rings is 4. The van der Waals surface area contributed by atoms with Gasteiger partial charge in [0.25, 0.3) is 0 Å². The Morgan fingerprint density at radius 1 is 0.743 bits per heavy atom. The highest BCUT2D eigenvalue weighted by Gasteiger charge is 2.23. The normalized spacial score (nSPS) is 12.4. The van der Waals surface area contributed by atoms with Gasteiger partial charge in [-0.25, -0.2) is 0 Å². The van der Waals surface area contributed by atoms with Gasteiger partial charge in [0.15, 0.2) is 6.54 Å². The van der Waals surface area contributed by atoms with Crippen molar-refractivity contribution in [2.75, 3.05) is 27.2 Å². The van der Waals surface area contributed by atoms with E-state index in [1.54, 1.807) is 0 Å². The number of rotatable bonds is 6. The Labute approximate surface area is 209 Å². The van der Waals surface area contributed by atoms with Gasteiger partial charge in [0.1, 0.15) is 0 Å². The van der Waals surface area contributed by atoms with Crippen molar-refractivity contribution in [3.63, 3.8) is 0 Å². The molecule has 0 amide bonds. The maximum atomic E-state index is 2.53. The Bertz CT molecular complexity index is 1410. The largest absolute Gasteiger partial charge is 0.309 e. The summed E-state index contributed by atoms with van der Waals surface area (Å²) in [4.78, 5) is 2.27. The molecule has 4 aromatic rings. The second-order valence-corrected chi connectivity index (χ2v) is 10.1. The molecular weight excluding hydrogens is 424 g/mol. The third kappa shape index (κ3) is 4.99. The van der Waals surface area contributed by atoms with E-state index in [9.17, 15) is 0 Å². The predicted molar refractivity (Wildman–Crippen MR) is 148 cm³/mol. The molecule has 1 aliphatic heterocycles. The maximum Gasteiger partial charge on any atom is 0.209 e. The summed E-state index contributed by atoms with van der Waals surface area (Å²) in [7, 11) is 4.30. The van der Waals surface area contributed by atoms with Crippen molar-refractivity contribution in [2.45, 2.75) is 26.7 Å². The lowest BCUT2D eigenvalue weighted by atomic mass is 9.92.